The maximum absolute atomic E-state index is 11.9. The van der Waals surface area contributed by atoms with Crippen LogP contribution in [0.25, 0.3) is 0 Å². The lowest BCUT2D eigenvalue weighted by molar-refractivity contribution is -0.112. The van der Waals surface area contributed by atoms with E-state index in [4.69, 9.17) is 4.74 Å². The van der Waals surface area contributed by atoms with Crippen LogP contribution in [0.1, 0.15) is 48.5 Å². The van der Waals surface area contributed by atoms with Crippen molar-refractivity contribution in [3.8, 4) is 0 Å². The van der Waals surface area contributed by atoms with Crippen molar-refractivity contribution in [2.24, 2.45) is 11.8 Å². The molecule has 0 atom stereocenters. The molecule has 0 unspecified atom stereocenters. The topological polar surface area (TPSA) is 43.4 Å². The molecule has 0 N–H and O–H groups in total. The van der Waals surface area contributed by atoms with E-state index >= 15 is 0 Å². The number of ether oxygens (including phenoxy) is 1. The Bertz CT molecular complexity index is 442. The minimum Gasteiger partial charge on any atom is -0.462 e. The summed E-state index contributed by atoms with van der Waals surface area (Å²) >= 11 is 0. The molecule has 0 aliphatic heterocycles. The van der Waals surface area contributed by atoms with Gasteiger partial charge in [-0.05, 0) is 55.7 Å². The molecule has 0 bridgehead atoms. The third kappa shape index (κ3) is 3.92. The summed E-state index contributed by atoms with van der Waals surface area (Å²) in [7, 11) is 0. The van der Waals surface area contributed by atoms with E-state index in [-0.39, 0.29) is 11.9 Å². The van der Waals surface area contributed by atoms with Gasteiger partial charge in [0.05, 0.1) is 12.2 Å². The predicted molar refractivity (Wildman–Crippen MR) is 77.6 cm³/mol. The summed E-state index contributed by atoms with van der Waals surface area (Å²) in [5, 5.41) is 0. The van der Waals surface area contributed by atoms with E-state index in [9.17, 15) is 9.59 Å². The van der Waals surface area contributed by atoms with E-state index in [0.717, 1.165) is 38.4 Å². The van der Waals surface area contributed by atoms with Crippen LogP contribution in [0.4, 0.5) is 0 Å². The van der Waals surface area contributed by atoms with E-state index in [1.54, 1.807) is 0 Å². The Kier molecular flexibility index (Phi) is 5.33. The molecule has 1 aliphatic carbocycles. The summed E-state index contributed by atoms with van der Waals surface area (Å²) in [4.78, 5) is 22.6. The molecule has 0 amide bonds. The molecule has 1 fully saturated rings. The second-order valence-electron chi connectivity index (χ2n) is 5.57. The number of benzene rings is 1. The van der Waals surface area contributed by atoms with Gasteiger partial charge in [-0.1, -0.05) is 19.1 Å². The summed E-state index contributed by atoms with van der Waals surface area (Å²) in [6, 6.07) is 7.58. The van der Waals surface area contributed by atoms with E-state index in [0.29, 0.717) is 18.1 Å². The number of hydrogen-bond donors (Lipinski definition) is 0. The van der Waals surface area contributed by atoms with E-state index in [1.165, 1.54) is 5.56 Å². The number of carbonyl (C=O) groups excluding carboxylic acids is 2. The van der Waals surface area contributed by atoms with Crippen molar-refractivity contribution in [3.63, 3.8) is 0 Å². The number of rotatable bonds is 5. The minimum atomic E-state index is -0.245. The normalized spacial score (nSPS) is 22.2. The van der Waals surface area contributed by atoms with Crippen molar-refractivity contribution < 1.29 is 14.3 Å². The fourth-order valence-corrected chi connectivity index (χ4v) is 2.64. The summed E-state index contributed by atoms with van der Waals surface area (Å²) in [5.41, 5.74) is 1.83. The standard InChI is InChI=1S/C17H22O3/c1-2-13-7-9-16(10-8-13)17(19)20-12-15-5-3-14(11-18)4-6-15/h7-11,14-15H,2-6,12H2,1H3. The van der Waals surface area contributed by atoms with Crippen LogP contribution in [-0.4, -0.2) is 18.9 Å². The average Bonchev–Trinajstić information content (AvgIpc) is 2.53. The Balaban J connectivity index is 1.78. The van der Waals surface area contributed by atoms with Gasteiger partial charge in [-0.25, -0.2) is 4.79 Å². The van der Waals surface area contributed by atoms with Crippen LogP contribution < -0.4 is 0 Å². The molecule has 1 aromatic carbocycles. The molecule has 20 heavy (non-hydrogen) atoms. The zero-order chi connectivity index (χ0) is 14.4. The molecule has 0 heterocycles. The average molecular weight is 274 g/mol. The van der Waals surface area contributed by atoms with Crippen LogP contribution in [0.15, 0.2) is 24.3 Å². The Morgan fingerprint density at radius 3 is 2.40 bits per heavy atom. The molecule has 3 nitrogen and oxygen atoms in total. The third-order valence-corrected chi connectivity index (χ3v) is 4.13. The quantitative estimate of drug-likeness (QED) is 0.610. The van der Waals surface area contributed by atoms with Crippen molar-refractivity contribution in [3.05, 3.63) is 35.4 Å². The first-order chi connectivity index (χ1) is 9.72. The summed E-state index contributed by atoms with van der Waals surface area (Å²) in [6.45, 7) is 2.56. The first-order valence-electron chi connectivity index (χ1n) is 7.44. The Labute approximate surface area is 120 Å². The van der Waals surface area contributed by atoms with Gasteiger partial charge in [0.1, 0.15) is 6.29 Å². The molecule has 108 valence electrons. The zero-order valence-electron chi connectivity index (χ0n) is 12.0. The largest absolute Gasteiger partial charge is 0.462 e. The third-order valence-electron chi connectivity index (χ3n) is 4.13. The fraction of sp³-hybridized carbons (Fsp3) is 0.529. The van der Waals surface area contributed by atoms with Crippen LogP contribution in [0, 0.1) is 11.8 Å². The Morgan fingerprint density at radius 1 is 1.20 bits per heavy atom. The van der Waals surface area contributed by atoms with Crippen LogP contribution in [0.2, 0.25) is 0 Å². The van der Waals surface area contributed by atoms with E-state index < -0.39 is 0 Å². The summed E-state index contributed by atoms with van der Waals surface area (Å²) < 4.78 is 5.38. The minimum absolute atomic E-state index is 0.212. The molecule has 2 rings (SSSR count). The zero-order valence-corrected chi connectivity index (χ0v) is 12.0. The predicted octanol–water partition coefficient (Wildman–Crippen LogP) is 3.41. The van der Waals surface area contributed by atoms with E-state index in [1.807, 2.05) is 24.3 Å². The monoisotopic (exact) mass is 274 g/mol. The molecule has 0 radical (unpaired) electrons. The van der Waals surface area contributed by atoms with Gasteiger partial charge >= 0.3 is 5.97 Å². The first-order valence-corrected chi connectivity index (χ1v) is 7.44. The molecular weight excluding hydrogens is 252 g/mol. The van der Waals surface area contributed by atoms with Gasteiger partial charge in [-0.15, -0.1) is 0 Å². The molecule has 0 saturated heterocycles. The highest BCUT2D eigenvalue weighted by Crippen LogP contribution is 2.27. The SMILES string of the molecule is CCc1ccc(C(=O)OCC2CCC(C=O)CC2)cc1. The van der Waals surface area contributed by atoms with Crippen LogP contribution >= 0.6 is 0 Å². The van der Waals surface area contributed by atoms with Gasteiger partial charge in [0, 0.05) is 5.92 Å². The Morgan fingerprint density at radius 2 is 1.85 bits per heavy atom. The van der Waals surface area contributed by atoms with Crippen molar-refractivity contribution in [2.45, 2.75) is 39.0 Å². The maximum atomic E-state index is 11.9. The van der Waals surface area contributed by atoms with Crippen LogP contribution in [0.3, 0.4) is 0 Å². The van der Waals surface area contributed by atoms with Crippen molar-refractivity contribution in [1.82, 2.24) is 0 Å². The molecule has 1 saturated carbocycles. The molecule has 3 heteroatoms. The first kappa shape index (κ1) is 14.8. The summed E-state index contributed by atoms with van der Waals surface area (Å²) in [6.07, 6.45) is 5.83. The number of aldehydes is 1. The molecular formula is C17H22O3. The second kappa shape index (κ2) is 7.22. The van der Waals surface area contributed by atoms with Crippen molar-refractivity contribution in [1.29, 1.82) is 0 Å². The highest BCUT2D eigenvalue weighted by Gasteiger charge is 2.22. The maximum Gasteiger partial charge on any atom is 0.338 e. The Hall–Kier alpha value is -1.64. The molecule has 0 aromatic heterocycles. The van der Waals surface area contributed by atoms with Crippen molar-refractivity contribution in [2.75, 3.05) is 6.61 Å². The molecule has 0 spiro atoms. The lowest BCUT2D eigenvalue weighted by Gasteiger charge is -2.24. The van der Waals surface area contributed by atoms with Gasteiger partial charge in [0.2, 0.25) is 0 Å². The van der Waals surface area contributed by atoms with E-state index in [2.05, 4.69) is 6.92 Å². The molecule has 1 aromatic rings. The summed E-state index contributed by atoms with van der Waals surface area (Å²) in [5.74, 6) is 0.374. The van der Waals surface area contributed by atoms with Crippen LogP contribution in [0.5, 0.6) is 0 Å². The van der Waals surface area contributed by atoms with Crippen LogP contribution in [-0.2, 0) is 16.0 Å². The fourth-order valence-electron chi connectivity index (χ4n) is 2.64. The smallest absolute Gasteiger partial charge is 0.338 e. The molecule has 1 aliphatic rings. The number of esters is 1. The number of carbonyl (C=O) groups is 2. The highest BCUT2D eigenvalue weighted by atomic mass is 16.5. The number of hydrogen-bond acceptors (Lipinski definition) is 3. The second-order valence-corrected chi connectivity index (χ2v) is 5.57. The van der Waals surface area contributed by atoms with Gasteiger partial charge < -0.3 is 9.53 Å². The van der Waals surface area contributed by atoms with Gasteiger partial charge in [-0.3, -0.25) is 0 Å². The number of aryl methyl sites for hydroxylation is 1. The lowest BCUT2D eigenvalue weighted by atomic mass is 9.83. The van der Waals surface area contributed by atoms with Crippen molar-refractivity contribution >= 4 is 12.3 Å². The van der Waals surface area contributed by atoms with Gasteiger partial charge in [-0.2, -0.15) is 0 Å². The van der Waals surface area contributed by atoms with Gasteiger partial charge in [0.15, 0.2) is 0 Å². The lowest BCUT2D eigenvalue weighted by Crippen LogP contribution is -2.21. The van der Waals surface area contributed by atoms with Gasteiger partial charge in [0.25, 0.3) is 0 Å². The highest BCUT2D eigenvalue weighted by molar-refractivity contribution is 5.89.